The molecule has 22 heavy (non-hydrogen) atoms. The largest absolute Gasteiger partial charge is 0.507 e. The van der Waals surface area contributed by atoms with Gasteiger partial charge in [-0.2, -0.15) is 0 Å². The maximum Gasteiger partial charge on any atom is 0.270 e. The van der Waals surface area contributed by atoms with Crippen molar-refractivity contribution in [2.24, 2.45) is 0 Å². The third-order valence-corrected chi connectivity index (χ3v) is 3.41. The van der Waals surface area contributed by atoms with Gasteiger partial charge in [0.15, 0.2) is 0 Å². The van der Waals surface area contributed by atoms with Crippen LogP contribution in [0.25, 0.3) is 21.9 Å². The number of ether oxygens (including phenoxy) is 1. The summed E-state index contributed by atoms with van der Waals surface area (Å²) >= 11 is 0. The summed E-state index contributed by atoms with van der Waals surface area (Å²) in [6.07, 6.45) is 1.54. The number of benzene rings is 2. The minimum absolute atomic E-state index is 0.0168. The van der Waals surface area contributed by atoms with Crippen molar-refractivity contribution in [2.75, 3.05) is 7.11 Å². The highest BCUT2D eigenvalue weighted by molar-refractivity contribution is 6.02. The molecule has 0 amide bonds. The number of fused-ring (bicyclic) bond motifs is 1. The third-order valence-electron chi connectivity index (χ3n) is 3.41. The summed E-state index contributed by atoms with van der Waals surface area (Å²) in [6, 6.07) is 11.2. The number of methoxy groups -OCH3 is 1. The van der Waals surface area contributed by atoms with Crippen LogP contribution in [-0.4, -0.2) is 22.1 Å². The number of non-ortho nitro benzene ring substituents is 1. The topological polar surface area (TPSA) is 85.5 Å². The van der Waals surface area contributed by atoms with E-state index < -0.39 is 4.92 Å². The molecule has 0 unspecified atom stereocenters. The van der Waals surface area contributed by atoms with Crippen LogP contribution in [0.4, 0.5) is 5.69 Å². The van der Waals surface area contributed by atoms with E-state index in [0.717, 1.165) is 0 Å². The molecule has 0 saturated heterocycles. The molecule has 0 saturated carbocycles. The minimum atomic E-state index is -0.456. The van der Waals surface area contributed by atoms with E-state index >= 15 is 0 Å². The van der Waals surface area contributed by atoms with Gasteiger partial charge in [-0.15, -0.1) is 0 Å². The molecule has 1 N–H and O–H groups in total. The van der Waals surface area contributed by atoms with Gasteiger partial charge in [0.25, 0.3) is 5.69 Å². The zero-order chi connectivity index (χ0) is 15.7. The summed E-state index contributed by atoms with van der Waals surface area (Å²) in [7, 11) is 1.50. The van der Waals surface area contributed by atoms with Gasteiger partial charge < -0.3 is 9.84 Å². The second-order valence-corrected chi connectivity index (χ2v) is 4.69. The maximum absolute atomic E-state index is 10.9. The SMILES string of the molecule is COc1ncc(-c2cccc([N+](=O)[O-])c2)c2c(O)cccc12. The van der Waals surface area contributed by atoms with Gasteiger partial charge in [0.1, 0.15) is 5.75 Å². The summed E-state index contributed by atoms with van der Waals surface area (Å²) in [4.78, 5) is 14.7. The van der Waals surface area contributed by atoms with Gasteiger partial charge in [-0.3, -0.25) is 10.1 Å². The summed E-state index contributed by atoms with van der Waals surface area (Å²) in [5, 5.41) is 22.3. The molecule has 0 spiro atoms. The Bertz CT molecular complexity index is 877. The lowest BCUT2D eigenvalue weighted by atomic mass is 9.99. The first-order valence-corrected chi connectivity index (χ1v) is 6.51. The standard InChI is InChI=1S/C16H12N2O4/c1-22-16-12-6-3-7-14(19)15(12)13(9-17-16)10-4-2-5-11(8-10)18(20)21/h2-9,19H,1H3. The number of pyridine rings is 1. The van der Waals surface area contributed by atoms with Gasteiger partial charge >= 0.3 is 0 Å². The van der Waals surface area contributed by atoms with Crippen molar-refractivity contribution in [3.63, 3.8) is 0 Å². The van der Waals surface area contributed by atoms with Crippen molar-refractivity contribution in [3.05, 3.63) is 58.8 Å². The average molecular weight is 296 g/mol. The predicted octanol–water partition coefficient (Wildman–Crippen LogP) is 3.52. The van der Waals surface area contributed by atoms with Crippen LogP contribution in [0, 0.1) is 10.1 Å². The fourth-order valence-corrected chi connectivity index (χ4v) is 2.43. The number of nitro benzene ring substituents is 1. The molecule has 0 atom stereocenters. The molecule has 6 nitrogen and oxygen atoms in total. The van der Waals surface area contributed by atoms with Gasteiger partial charge in [0.2, 0.25) is 5.88 Å². The lowest BCUT2D eigenvalue weighted by Gasteiger charge is -2.11. The predicted molar refractivity (Wildman–Crippen MR) is 82.1 cm³/mol. The van der Waals surface area contributed by atoms with E-state index in [2.05, 4.69) is 4.98 Å². The molecule has 1 heterocycles. The van der Waals surface area contributed by atoms with Crippen LogP contribution >= 0.6 is 0 Å². The van der Waals surface area contributed by atoms with E-state index in [1.807, 2.05) is 0 Å². The highest BCUT2D eigenvalue weighted by Crippen LogP contribution is 2.38. The van der Waals surface area contributed by atoms with E-state index in [0.29, 0.717) is 27.8 Å². The summed E-state index contributed by atoms with van der Waals surface area (Å²) in [6.45, 7) is 0. The first-order chi connectivity index (χ1) is 10.6. The first-order valence-electron chi connectivity index (χ1n) is 6.51. The van der Waals surface area contributed by atoms with Crippen LogP contribution < -0.4 is 4.74 Å². The Labute approximate surface area is 125 Å². The number of hydrogen-bond donors (Lipinski definition) is 1. The number of aromatic nitrogens is 1. The molecule has 0 bridgehead atoms. The highest BCUT2D eigenvalue weighted by atomic mass is 16.6. The van der Waals surface area contributed by atoms with Crippen LogP contribution in [0.2, 0.25) is 0 Å². The van der Waals surface area contributed by atoms with Gasteiger partial charge in [-0.1, -0.05) is 18.2 Å². The van der Waals surface area contributed by atoms with E-state index in [1.165, 1.54) is 19.2 Å². The summed E-state index contributed by atoms with van der Waals surface area (Å²) < 4.78 is 5.20. The molecule has 2 aromatic carbocycles. The Balaban J connectivity index is 2.32. The summed E-state index contributed by atoms with van der Waals surface area (Å²) in [5.41, 5.74) is 1.20. The molecular weight excluding hydrogens is 284 g/mol. The van der Waals surface area contributed by atoms with Crippen LogP contribution in [0.15, 0.2) is 48.7 Å². The molecule has 1 aromatic heterocycles. The second kappa shape index (κ2) is 5.33. The van der Waals surface area contributed by atoms with E-state index in [4.69, 9.17) is 4.74 Å². The van der Waals surface area contributed by atoms with Crippen LogP contribution in [0.1, 0.15) is 0 Å². The monoisotopic (exact) mass is 296 g/mol. The molecule has 0 radical (unpaired) electrons. The Morgan fingerprint density at radius 3 is 2.73 bits per heavy atom. The summed E-state index contributed by atoms with van der Waals surface area (Å²) in [5.74, 6) is 0.458. The molecule has 3 aromatic rings. The van der Waals surface area contributed by atoms with Crippen LogP contribution in [0.5, 0.6) is 11.6 Å². The van der Waals surface area contributed by atoms with Crippen molar-refractivity contribution in [1.82, 2.24) is 4.98 Å². The zero-order valence-corrected chi connectivity index (χ0v) is 11.7. The first kappa shape index (κ1) is 13.8. The average Bonchev–Trinajstić information content (AvgIpc) is 2.54. The molecule has 0 fully saturated rings. The van der Waals surface area contributed by atoms with Gasteiger partial charge in [-0.05, 0) is 17.7 Å². The third kappa shape index (κ3) is 2.20. The van der Waals surface area contributed by atoms with Crippen LogP contribution in [0.3, 0.4) is 0 Å². The maximum atomic E-state index is 10.9. The number of nitro groups is 1. The van der Waals surface area contributed by atoms with Crippen molar-refractivity contribution >= 4 is 16.5 Å². The Morgan fingerprint density at radius 2 is 2.00 bits per heavy atom. The molecule has 0 aliphatic heterocycles. The van der Waals surface area contributed by atoms with Gasteiger partial charge in [-0.25, -0.2) is 4.98 Å². The molecule has 0 aliphatic carbocycles. The highest BCUT2D eigenvalue weighted by Gasteiger charge is 2.15. The zero-order valence-electron chi connectivity index (χ0n) is 11.7. The number of phenolic OH excluding ortho intramolecular Hbond substituents is 1. The molecule has 6 heteroatoms. The lowest BCUT2D eigenvalue weighted by Crippen LogP contribution is -1.93. The van der Waals surface area contributed by atoms with Crippen LogP contribution in [-0.2, 0) is 0 Å². The number of aromatic hydroxyl groups is 1. The number of hydrogen-bond acceptors (Lipinski definition) is 5. The van der Waals surface area contributed by atoms with Gasteiger partial charge in [0.05, 0.1) is 12.0 Å². The molecule has 110 valence electrons. The fourth-order valence-electron chi connectivity index (χ4n) is 2.43. The van der Waals surface area contributed by atoms with Crippen molar-refractivity contribution in [1.29, 1.82) is 0 Å². The Kier molecular flexibility index (Phi) is 3.34. The van der Waals surface area contributed by atoms with E-state index in [-0.39, 0.29) is 11.4 Å². The fraction of sp³-hybridized carbons (Fsp3) is 0.0625. The molecule has 0 aliphatic rings. The van der Waals surface area contributed by atoms with E-state index in [1.54, 1.807) is 36.5 Å². The number of nitrogens with zero attached hydrogens (tertiary/aromatic N) is 2. The minimum Gasteiger partial charge on any atom is -0.507 e. The number of phenols is 1. The Morgan fingerprint density at radius 1 is 1.23 bits per heavy atom. The second-order valence-electron chi connectivity index (χ2n) is 4.69. The Hall–Kier alpha value is -3.15. The normalized spacial score (nSPS) is 10.6. The molecule has 3 rings (SSSR count). The number of rotatable bonds is 3. The van der Waals surface area contributed by atoms with E-state index in [9.17, 15) is 15.2 Å². The van der Waals surface area contributed by atoms with Crippen molar-refractivity contribution in [2.45, 2.75) is 0 Å². The van der Waals surface area contributed by atoms with Gasteiger partial charge in [0, 0.05) is 34.7 Å². The quantitative estimate of drug-likeness (QED) is 0.590. The molecular formula is C16H12N2O4. The van der Waals surface area contributed by atoms with Crippen molar-refractivity contribution in [3.8, 4) is 22.8 Å². The lowest BCUT2D eigenvalue weighted by molar-refractivity contribution is -0.384. The smallest absolute Gasteiger partial charge is 0.270 e. The van der Waals surface area contributed by atoms with Crippen molar-refractivity contribution < 1.29 is 14.8 Å².